The molecule has 0 N–H and O–H groups in total. The summed E-state index contributed by atoms with van der Waals surface area (Å²) >= 11 is 0. The molecule has 0 saturated heterocycles. The van der Waals surface area contributed by atoms with Crippen LogP contribution in [-0.4, -0.2) is 24.5 Å². The third-order valence-electron chi connectivity index (χ3n) is 1.80. The first-order valence-corrected chi connectivity index (χ1v) is 4.41. The molecule has 0 heterocycles. The summed E-state index contributed by atoms with van der Waals surface area (Å²) < 4.78 is 0. The molecule has 0 radical (unpaired) electrons. The average Bonchev–Trinajstić information content (AvgIpc) is 1.86. The fourth-order valence-corrected chi connectivity index (χ4v) is 0.710. The van der Waals surface area contributed by atoms with E-state index in [0.29, 0.717) is 12.0 Å². The Morgan fingerprint density at radius 3 is 2.09 bits per heavy atom. The summed E-state index contributed by atoms with van der Waals surface area (Å²) in [6.07, 6.45) is 4.49. The predicted octanol–water partition coefficient (Wildman–Crippen LogP) is 2.54. The number of hydrogen-bond donors (Lipinski definition) is 0. The first kappa shape index (κ1) is 10.7. The minimum atomic E-state index is 0.645. The van der Waals surface area contributed by atoms with Crippen LogP contribution in [0.3, 0.4) is 0 Å². The van der Waals surface area contributed by atoms with Crippen molar-refractivity contribution in [1.29, 1.82) is 0 Å². The van der Waals surface area contributed by atoms with Gasteiger partial charge in [-0.15, -0.1) is 0 Å². The molecular weight excluding hydrogens is 134 g/mol. The van der Waals surface area contributed by atoms with E-state index in [9.17, 15) is 0 Å². The van der Waals surface area contributed by atoms with Gasteiger partial charge in [0.1, 0.15) is 0 Å². The van der Waals surface area contributed by atoms with Crippen LogP contribution in [0, 0.1) is 5.92 Å². The van der Waals surface area contributed by atoms with Gasteiger partial charge in [0.25, 0.3) is 0 Å². The van der Waals surface area contributed by atoms with Gasteiger partial charge in [-0.3, -0.25) is 0 Å². The van der Waals surface area contributed by atoms with E-state index in [0.717, 1.165) is 6.54 Å². The van der Waals surface area contributed by atoms with Gasteiger partial charge in [0.05, 0.1) is 0 Å². The van der Waals surface area contributed by atoms with E-state index in [4.69, 9.17) is 0 Å². The summed E-state index contributed by atoms with van der Waals surface area (Å²) in [7, 11) is 2.15. The average molecular weight is 155 g/mol. The second-order valence-electron chi connectivity index (χ2n) is 3.71. The second-order valence-corrected chi connectivity index (χ2v) is 3.71. The Balaban J connectivity index is 3.53. The quantitative estimate of drug-likeness (QED) is 0.564. The smallest absolute Gasteiger partial charge is 0.0162 e. The summed E-state index contributed by atoms with van der Waals surface area (Å²) in [5, 5.41) is 0. The Bertz CT molecular complexity index is 114. The predicted molar refractivity (Wildman–Crippen MR) is 51.7 cm³/mol. The van der Waals surface area contributed by atoms with E-state index in [-0.39, 0.29) is 0 Å². The second kappa shape index (κ2) is 5.36. The molecule has 0 bridgehead atoms. The Kier molecular flexibility index (Phi) is 5.22. The zero-order valence-corrected chi connectivity index (χ0v) is 8.46. The SMILES string of the molecule is CC(C)/C=C/CN(C)C(C)C. The van der Waals surface area contributed by atoms with E-state index >= 15 is 0 Å². The van der Waals surface area contributed by atoms with Crippen molar-refractivity contribution in [1.82, 2.24) is 4.90 Å². The largest absolute Gasteiger partial charge is 0.300 e. The third-order valence-corrected chi connectivity index (χ3v) is 1.80. The van der Waals surface area contributed by atoms with Gasteiger partial charge in [-0.2, -0.15) is 0 Å². The van der Waals surface area contributed by atoms with Crippen molar-refractivity contribution in [3.63, 3.8) is 0 Å². The molecule has 0 aromatic carbocycles. The summed E-state index contributed by atoms with van der Waals surface area (Å²) in [5.74, 6) is 0.676. The molecule has 1 nitrogen and oxygen atoms in total. The molecular formula is C10H21N. The van der Waals surface area contributed by atoms with E-state index < -0.39 is 0 Å². The van der Waals surface area contributed by atoms with Crippen molar-refractivity contribution in [3.05, 3.63) is 12.2 Å². The highest BCUT2D eigenvalue weighted by atomic mass is 15.1. The molecule has 0 rings (SSSR count). The molecule has 0 fully saturated rings. The maximum absolute atomic E-state index is 2.32. The highest BCUT2D eigenvalue weighted by Gasteiger charge is 1.98. The minimum Gasteiger partial charge on any atom is -0.300 e. The van der Waals surface area contributed by atoms with E-state index in [2.05, 4.69) is 51.8 Å². The Morgan fingerprint density at radius 2 is 1.73 bits per heavy atom. The lowest BCUT2D eigenvalue weighted by molar-refractivity contribution is 0.303. The maximum atomic E-state index is 2.32. The van der Waals surface area contributed by atoms with Crippen molar-refractivity contribution in [3.8, 4) is 0 Å². The standard InChI is InChI=1S/C10H21N/c1-9(2)7-6-8-11(5)10(3)4/h6-7,9-10H,8H2,1-5H3/b7-6+. The van der Waals surface area contributed by atoms with Crippen molar-refractivity contribution in [2.75, 3.05) is 13.6 Å². The van der Waals surface area contributed by atoms with Crippen molar-refractivity contribution >= 4 is 0 Å². The van der Waals surface area contributed by atoms with E-state index in [1.54, 1.807) is 0 Å². The summed E-state index contributed by atoms with van der Waals surface area (Å²) in [6, 6.07) is 0.645. The van der Waals surface area contributed by atoms with Gasteiger partial charge in [-0.1, -0.05) is 26.0 Å². The molecule has 1 heteroatoms. The Morgan fingerprint density at radius 1 is 1.18 bits per heavy atom. The van der Waals surface area contributed by atoms with Gasteiger partial charge in [0, 0.05) is 12.6 Å². The van der Waals surface area contributed by atoms with Crippen LogP contribution >= 0.6 is 0 Å². The number of likely N-dealkylation sites (N-methyl/N-ethyl adjacent to an activating group) is 1. The van der Waals surface area contributed by atoms with Crippen LogP contribution in [0.15, 0.2) is 12.2 Å². The maximum Gasteiger partial charge on any atom is 0.0162 e. The zero-order chi connectivity index (χ0) is 8.85. The van der Waals surface area contributed by atoms with Crippen molar-refractivity contribution in [2.45, 2.75) is 33.7 Å². The normalized spacial score (nSPS) is 12.7. The van der Waals surface area contributed by atoms with Crippen LogP contribution < -0.4 is 0 Å². The highest BCUT2D eigenvalue weighted by molar-refractivity contribution is 4.87. The molecule has 0 aliphatic heterocycles. The van der Waals surface area contributed by atoms with Crippen LogP contribution in [-0.2, 0) is 0 Å². The van der Waals surface area contributed by atoms with Crippen molar-refractivity contribution < 1.29 is 0 Å². The molecule has 0 spiro atoms. The monoisotopic (exact) mass is 155 g/mol. The van der Waals surface area contributed by atoms with Crippen LogP contribution in [0.1, 0.15) is 27.7 Å². The molecule has 0 amide bonds. The number of hydrogen-bond acceptors (Lipinski definition) is 1. The molecule has 0 aromatic rings. The number of nitrogens with zero attached hydrogens (tertiary/aromatic N) is 1. The van der Waals surface area contributed by atoms with Crippen LogP contribution in [0.5, 0.6) is 0 Å². The van der Waals surface area contributed by atoms with Gasteiger partial charge < -0.3 is 4.90 Å². The Labute approximate surface area is 71.1 Å². The fourth-order valence-electron chi connectivity index (χ4n) is 0.710. The number of rotatable bonds is 4. The molecule has 0 unspecified atom stereocenters. The summed E-state index contributed by atoms with van der Waals surface area (Å²) in [4.78, 5) is 2.32. The first-order valence-electron chi connectivity index (χ1n) is 4.41. The van der Waals surface area contributed by atoms with Crippen molar-refractivity contribution in [2.24, 2.45) is 5.92 Å². The first-order chi connectivity index (χ1) is 5.04. The molecule has 0 aromatic heterocycles. The van der Waals surface area contributed by atoms with Gasteiger partial charge in [-0.05, 0) is 26.8 Å². The zero-order valence-electron chi connectivity index (χ0n) is 8.46. The lowest BCUT2D eigenvalue weighted by Gasteiger charge is -2.18. The van der Waals surface area contributed by atoms with Gasteiger partial charge in [-0.25, -0.2) is 0 Å². The molecule has 66 valence electrons. The van der Waals surface area contributed by atoms with Gasteiger partial charge >= 0.3 is 0 Å². The Hall–Kier alpha value is -0.300. The van der Waals surface area contributed by atoms with Gasteiger partial charge in [0.15, 0.2) is 0 Å². The highest BCUT2D eigenvalue weighted by Crippen LogP contribution is 1.96. The van der Waals surface area contributed by atoms with Crippen LogP contribution in [0.2, 0.25) is 0 Å². The number of allylic oxidation sites excluding steroid dienone is 1. The summed E-state index contributed by atoms with van der Waals surface area (Å²) in [5.41, 5.74) is 0. The van der Waals surface area contributed by atoms with E-state index in [1.807, 2.05) is 0 Å². The third kappa shape index (κ3) is 6.11. The molecule has 0 atom stereocenters. The van der Waals surface area contributed by atoms with Crippen LogP contribution in [0.4, 0.5) is 0 Å². The van der Waals surface area contributed by atoms with Crippen LogP contribution in [0.25, 0.3) is 0 Å². The molecule has 0 aliphatic carbocycles. The lowest BCUT2D eigenvalue weighted by Crippen LogP contribution is -2.26. The minimum absolute atomic E-state index is 0.645. The van der Waals surface area contributed by atoms with Gasteiger partial charge in [0.2, 0.25) is 0 Å². The molecule has 0 saturated carbocycles. The topological polar surface area (TPSA) is 3.24 Å². The fraction of sp³-hybridized carbons (Fsp3) is 0.800. The lowest BCUT2D eigenvalue weighted by atomic mass is 10.2. The summed E-state index contributed by atoms with van der Waals surface area (Å²) in [6.45, 7) is 9.89. The van der Waals surface area contributed by atoms with E-state index in [1.165, 1.54) is 0 Å². The molecule has 0 aliphatic rings. The molecule has 11 heavy (non-hydrogen) atoms.